The number of nitrogens with one attached hydrogen (secondary N) is 2. The van der Waals surface area contributed by atoms with E-state index in [4.69, 9.17) is 4.74 Å². The van der Waals surface area contributed by atoms with Crippen molar-refractivity contribution in [2.75, 3.05) is 25.0 Å². The summed E-state index contributed by atoms with van der Waals surface area (Å²) < 4.78 is 18.5. The normalized spacial score (nSPS) is 18.8. The highest BCUT2D eigenvalue weighted by Crippen LogP contribution is 2.19. The molecule has 0 bridgehead atoms. The first-order valence-corrected chi connectivity index (χ1v) is 6.49. The minimum absolute atomic E-state index is 0.0355. The molecule has 2 aromatic heterocycles. The summed E-state index contributed by atoms with van der Waals surface area (Å²) in [7, 11) is 0. The van der Waals surface area contributed by atoms with Gasteiger partial charge in [-0.2, -0.15) is 0 Å². The third-order valence-electron chi connectivity index (χ3n) is 3.01. The molecule has 0 aliphatic carbocycles. The van der Waals surface area contributed by atoms with Gasteiger partial charge in [0.2, 0.25) is 0 Å². The van der Waals surface area contributed by atoms with Gasteiger partial charge in [-0.15, -0.1) is 0 Å². The Balaban J connectivity index is 1.75. The fraction of sp³-hybridized carbons (Fsp3) is 0.286. The number of anilines is 2. The summed E-state index contributed by atoms with van der Waals surface area (Å²) in [5.74, 6) is 0.855. The van der Waals surface area contributed by atoms with Crippen molar-refractivity contribution in [2.45, 2.75) is 6.10 Å². The zero-order valence-electron chi connectivity index (χ0n) is 10.8. The first-order valence-electron chi connectivity index (χ1n) is 6.49. The molecule has 0 radical (unpaired) electrons. The summed E-state index contributed by atoms with van der Waals surface area (Å²) in [5.41, 5.74) is 0.865. The molecule has 1 saturated heterocycles. The lowest BCUT2D eigenvalue weighted by Crippen LogP contribution is -2.33. The topological polar surface area (TPSA) is 59.1 Å². The lowest BCUT2D eigenvalue weighted by molar-refractivity contribution is 0.0251. The fourth-order valence-electron chi connectivity index (χ4n) is 2.04. The van der Waals surface area contributed by atoms with E-state index in [9.17, 15) is 4.39 Å². The van der Waals surface area contributed by atoms with Crippen molar-refractivity contribution in [1.82, 2.24) is 15.3 Å². The van der Waals surface area contributed by atoms with Crippen LogP contribution in [0, 0.1) is 5.82 Å². The van der Waals surface area contributed by atoms with Crippen molar-refractivity contribution in [2.24, 2.45) is 0 Å². The zero-order valence-corrected chi connectivity index (χ0v) is 10.8. The number of hydrogen-bond donors (Lipinski definition) is 2. The molecule has 0 saturated carbocycles. The predicted octanol–water partition coefficient (Wildman–Crippen LogP) is 2.02. The molecule has 1 unspecified atom stereocenters. The number of nitrogens with zero attached hydrogens (tertiary/aromatic N) is 2. The van der Waals surface area contributed by atoms with Crippen molar-refractivity contribution in [3.8, 4) is 0 Å². The number of halogens is 1. The van der Waals surface area contributed by atoms with Crippen molar-refractivity contribution in [3.05, 3.63) is 48.0 Å². The SMILES string of the molecule is Fc1ccc(Nc2cccc(C3CNCCO3)n2)nc1. The Kier molecular flexibility index (Phi) is 3.85. The second-order valence-corrected chi connectivity index (χ2v) is 4.50. The summed E-state index contributed by atoms with van der Waals surface area (Å²) in [5, 5.41) is 6.32. The first kappa shape index (κ1) is 13.0. The number of rotatable bonds is 3. The van der Waals surface area contributed by atoms with Crippen LogP contribution in [0.25, 0.3) is 0 Å². The second kappa shape index (κ2) is 5.94. The Bertz CT molecular complexity index is 570. The third-order valence-corrected chi connectivity index (χ3v) is 3.01. The molecule has 104 valence electrons. The molecule has 6 heteroatoms. The molecule has 0 aromatic carbocycles. The van der Waals surface area contributed by atoms with Crippen molar-refractivity contribution < 1.29 is 9.13 Å². The van der Waals surface area contributed by atoms with E-state index in [1.807, 2.05) is 18.2 Å². The van der Waals surface area contributed by atoms with Gasteiger partial charge in [-0.05, 0) is 24.3 Å². The van der Waals surface area contributed by atoms with Gasteiger partial charge in [0, 0.05) is 13.1 Å². The number of morpholine rings is 1. The molecule has 1 fully saturated rings. The van der Waals surface area contributed by atoms with Gasteiger partial charge in [0.05, 0.1) is 18.5 Å². The molecule has 1 aliphatic heterocycles. The summed E-state index contributed by atoms with van der Waals surface area (Å²) >= 11 is 0. The van der Waals surface area contributed by atoms with Gasteiger partial charge in [0.25, 0.3) is 0 Å². The van der Waals surface area contributed by atoms with Crippen LogP contribution in [-0.4, -0.2) is 29.7 Å². The summed E-state index contributed by atoms with van der Waals surface area (Å²) in [6, 6.07) is 8.60. The van der Waals surface area contributed by atoms with E-state index in [0.29, 0.717) is 18.2 Å². The van der Waals surface area contributed by atoms with Crippen LogP contribution in [0.15, 0.2) is 36.5 Å². The van der Waals surface area contributed by atoms with Crippen molar-refractivity contribution in [1.29, 1.82) is 0 Å². The molecule has 1 atom stereocenters. The predicted molar refractivity (Wildman–Crippen MR) is 73.3 cm³/mol. The van der Waals surface area contributed by atoms with E-state index >= 15 is 0 Å². The van der Waals surface area contributed by atoms with Crippen LogP contribution in [-0.2, 0) is 4.74 Å². The summed E-state index contributed by atoms with van der Waals surface area (Å²) in [4.78, 5) is 8.45. The third kappa shape index (κ3) is 3.09. The second-order valence-electron chi connectivity index (χ2n) is 4.50. The maximum Gasteiger partial charge on any atom is 0.141 e. The van der Waals surface area contributed by atoms with Crippen LogP contribution in [0.2, 0.25) is 0 Å². The summed E-state index contributed by atoms with van der Waals surface area (Å²) in [6.45, 7) is 2.31. The highest BCUT2D eigenvalue weighted by Gasteiger charge is 2.17. The standard InChI is InChI=1S/C14H15FN4O/c15-10-4-5-13(17-8-10)19-14-3-1-2-11(18-14)12-9-16-6-7-20-12/h1-5,8,12,16H,6-7,9H2,(H,17,18,19). The van der Waals surface area contributed by atoms with Crippen molar-refractivity contribution in [3.63, 3.8) is 0 Å². The molecule has 0 amide bonds. The van der Waals surface area contributed by atoms with Gasteiger partial charge >= 0.3 is 0 Å². The first-order chi connectivity index (χ1) is 9.81. The van der Waals surface area contributed by atoms with Crippen LogP contribution in [0.1, 0.15) is 11.8 Å². The van der Waals surface area contributed by atoms with E-state index < -0.39 is 0 Å². The van der Waals surface area contributed by atoms with E-state index in [1.165, 1.54) is 12.3 Å². The van der Waals surface area contributed by atoms with Gasteiger partial charge in [-0.3, -0.25) is 0 Å². The number of hydrogen-bond acceptors (Lipinski definition) is 5. The molecule has 5 nitrogen and oxygen atoms in total. The quantitative estimate of drug-likeness (QED) is 0.896. The largest absolute Gasteiger partial charge is 0.369 e. The Labute approximate surface area is 116 Å². The van der Waals surface area contributed by atoms with Gasteiger partial charge in [-0.25, -0.2) is 14.4 Å². The minimum atomic E-state index is -0.362. The Hall–Kier alpha value is -2.05. The monoisotopic (exact) mass is 274 g/mol. The maximum absolute atomic E-state index is 12.8. The van der Waals surface area contributed by atoms with Crippen LogP contribution < -0.4 is 10.6 Å². The van der Waals surface area contributed by atoms with Gasteiger partial charge < -0.3 is 15.4 Å². The van der Waals surface area contributed by atoms with Gasteiger partial charge in [0.1, 0.15) is 23.6 Å². The van der Waals surface area contributed by atoms with Crippen LogP contribution in [0.4, 0.5) is 16.0 Å². The minimum Gasteiger partial charge on any atom is -0.369 e. The highest BCUT2D eigenvalue weighted by atomic mass is 19.1. The van der Waals surface area contributed by atoms with Crippen LogP contribution in [0.3, 0.4) is 0 Å². The van der Waals surface area contributed by atoms with E-state index in [-0.39, 0.29) is 11.9 Å². The fourth-order valence-corrected chi connectivity index (χ4v) is 2.04. The number of ether oxygens (including phenoxy) is 1. The Morgan fingerprint density at radius 1 is 1.25 bits per heavy atom. The molecule has 3 rings (SSSR count). The molecule has 1 aliphatic rings. The molecular weight excluding hydrogens is 259 g/mol. The molecule has 2 N–H and O–H groups in total. The summed E-state index contributed by atoms with van der Waals surface area (Å²) in [6.07, 6.45) is 1.13. The van der Waals surface area contributed by atoms with Gasteiger partial charge in [0.15, 0.2) is 0 Å². The zero-order chi connectivity index (χ0) is 13.8. The Morgan fingerprint density at radius 3 is 2.95 bits per heavy atom. The van der Waals surface area contributed by atoms with E-state index in [2.05, 4.69) is 20.6 Å². The van der Waals surface area contributed by atoms with Gasteiger partial charge in [-0.1, -0.05) is 6.07 Å². The van der Waals surface area contributed by atoms with Crippen LogP contribution >= 0.6 is 0 Å². The van der Waals surface area contributed by atoms with Crippen molar-refractivity contribution >= 4 is 11.6 Å². The number of aromatic nitrogens is 2. The average Bonchev–Trinajstić information content (AvgIpc) is 2.51. The molecule has 3 heterocycles. The molecular formula is C14H15FN4O. The molecule has 0 spiro atoms. The highest BCUT2D eigenvalue weighted by molar-refractivity contribution is 5.51. The molecule has 2 aromatic rings. The Morgan fingerprint density at radius 2 is 2.20 bits per heavy atom. The average molecular weight is 274 g/mol. The van der Waals surface area contributed by atoms with E-state index in [1.54, 1.807) is 6.07 Å². The number of pyridine rings is 2. The maximum atomic E-state index is 12.8. The lowest BCUT2D eigenvalue weighted by atomic mass is 10.2. The molecule has 20 heavy (non-hydrogen) atoms. The lowest BCUT2D eigenvalue weighted by Gasteiger charge is -2.23. The smallest absolute Gasteiger partial charge is 0.141 e. The van der Waals surface area contributed by atoms with Crippen LogP contribution in [0.5, 0.6) is 0 Å². The van der Waals surface area contributed by atoms with E-state index in [0.717, 1.165) is 18.8 Å².